The summed E-state index contributed by atoms with van der Waals surface area (Å²) in [6.45, 7) is 2.15. The molecule has 136 valence electrons. The van der Waals surface area contributed by atoms with Gasteiger partial charge < -0.3 is 9.64 Å². The number of methoxy groups -OCH3 is 1. The molecule has 0 bridgehead atoms. The van der Waals surface area contributed by atoms with Crippen LogP contribution < -0.4 is 4.74 Å². The highest BCUT2D eigenvalue weighted by atomic mass is 32.1. The van der Waals surface area contributed by atoms with E-state index in [1.807, 2.05) is 0 Å². The molecule has 1 atom stereocenters. The van der Waals surface area contributed by atoms with Crippen molar-refractivity contribution in [1.29, 1.82) is 0 Å². The van der Waals surface area contributed by atoms with E-state index in [0.717, 1.165) is 41.9 Å². The number of likely N-dealkylation sites (N-methyl/N-ethyl adjacent to an activating group) is 1. The lowest BCUT2D eigenvalue weighted by atomic mass is 9.82. The van der Waals surface area contributed by atoms with Gasteiger partial charge in [-0.25, -0.2) is 0 Å². The van der Waals surface area contributed by atoms with Crippen molar-refractivity contribution in [2.75, 3.05) is 27.2 Å². The number of benzene rings is 2. The Labute approximate surface area is 159 Å². The Hall–Kier alpha value is -1.98. The molecule has 0 fully saturated rings. The largest absolute Gasteiger partial charge is 0.496 e. The molecule has 1 aliphatic rings. The average Bonchev–Trinajstić information content (AvgIpc) is 3.14. The lowest BCUT2D eigenvalue weighted by Gasteiger charge is -2.30. The number of rotatable bonds is 6. The van der Waals surface area contributed by atoms with E-state index in [2.05, 4.69) is 57.9 Å². The van der Waals surface area contributed by atoms with Gasteiger partial charge in [0.25, 0.3) is 0 Å². The van der Waals surface area contributed by atoms with E-state index in [4.69, 9.17) is 4.74 Å². The van der Waals surface area contributed by atoms with Gasteiger partial charge in [-0.05, 0) is 85.1 Å². The van der Waals surface area contributed by atoms with Crippen LogP contribution in [0.3, 0.4) is 0 Å². The highest BCUT2D eigenvalue weighted by molar-refractivity contribution is 7.12. The summed E-state index contributed by atoms with van der Waals surface area (Å²) in [5.41, 5.74) is 5.25. The van der Waals surface area contributed by atoms with E-state index < -0.39 is 0 Å². The molecular weight excluding hydrogens is 342 g/mol. The van der Waals surface area contributed by atoms with Crippen molar-refractivity contribution in [3.63, 3.8) is 0 Å². The predicted molar refractivity (Wildman–Crippen MR) is 107 cm³/mol. The molecule has 0 N–H and O–H groups in total. The van der Waals surface area contributed by atoms with Crippen LogP contribution in [0.25, 0.3) is 10.2 Å². The number of ether oxygens (including phenoxy) is 1. The maximum Gasteiger partial charge on any atom is 0.122 e. The maximum atomic E-state index is 5.58. The van der Waals surface area contributed by atoms with Gasteiger partial charge in [0.2, 0.25) is 0 Å². The quantitative estimate of drug-likeness (QED) is 0.651. The first kappa shape index (κ1) is 17.4. The van der Waals surface area contributed by atoms with Gasteiger partial charge in [-0.15, -0.1) is 5.10 Å². The van der Waals surface area contributed by atoms with Gasteiger partial charge in [0.15, 0.2) is 0 Å². The fourth-order valence-electron chi connectivity index (χ4n) is 4.06. The third-order valence-corrected chi connectivity index (χ3v) is 6.14. The topological polar surface area (TPSA) is 38.2 Å². The summed E-state index contributed by atoms with van der Waals surface area (Å²) < 4.78 is 10.8. The Morgan fingerprint density at radius 2 is 2.19 bits per heavy atom. The Morgan fingerprint density at radius 3 is 3.08 bits per heavy atom. The normalized spacial score (nSPS) is 16.8. The van der Waals surface area contributed by atoms with E-state index in [0.29, 0.717) is 5.92 Å². The number of aromatic nitrogens is 2. The lowest BCUT2D eigenvalue weighted by molar-refractivity contribution is 0.299. The predicted octanol–water partition coefficient (Wildman–Crippen LogP) is 4.29. The molecule has 0 aliphatic heterocycles. The first-order valence-corrected chi connectivity index (χ1v) is 10.1. The Balaban J connectivity index is 1.40. The van der Waals surface area contributed by atoms with E-state index >= 15 is 0 Å². The van der Waals surface area contributed by atoms with Gasteiger partial charge in [-0.1, -0.05) is 22.7 Å². The smallest absolute Gasteiger partial charge is 0.122 e. The van der Waals surface area contributed by atoms with Crippen LogP contribution in [0, 0.1) is 0 Å². The molecule has 5 heteroatoms. The van der Waals surface area contributed by atoms with Crippen LogP contribution in [0.15, 0.2) is 36.4 Å². The fraction of sp³-hybridized carbons (Fsp3) is 0.429. The van der Waals surface area contributed by atoms with Crippen LogP contribution in [-0.4, -0.2) is 41.7 Å². The Bertz CT molecular complexity index is 892. The molecule has 1 unspecified atom stereocenters. The molecule has 0 saturated heterocycles. The zero-order valence-corrected chi connectivity index (χ0v) is 16.3. The summed E-state index contributed by atoms with van der Waals surface area (Å²) in [7, 11) is 4.01. The van der Waals surface area contributed by atoms with Gasteiger partial charge in [0.1, 0.15) is 11.3 Å². The second-order valence-corrected chi connectivity index (χ2v) is 7.99. The molecule has 0 radical (unpaired) electrons. The summed E-state index contributed by atoms with van der Waals surface area (Å²) in [6, 6.07) is 13.0. The molecular formula is C21H25N3OS. The minimum absolute atomic E-state index is 0.601. The van der Waals surface area contributed by atoms with Crippen LogP contribution in [0.2, 0.25) is 0 Å². The molecule has 1 aromatic heterocycles. The van der Waals surface area contributed by atoms with Crippen LogP contribution in [-0.2, 0) is 12.8 Å². The van der Waals surface area contributed by atoms with E-state index in [1.165, 1.54) is 41.1 Å². The van der Waals surface area contributed by atoms with Crippen molar-refractivity contribution in [2.24, 2.45) is 0 Å². The van der Waals surface area contributed by atoms with Crippen LogP contribution >= 0.6 is 11.5 Å². The van der Waals surface area contributed by atoms with Crippen molar-refractivity contribution in [1.82, 2.24) is 14.5 Å². The Kier molecular flexibility index (Phi) is 5.18. The molecule has 4 rings (SSSR count). The molecule has 26 heavy (non-hydrogen) atoms. The molecule has 2 aromatic carbocycles. The first-order chi connectivity index (χ1) is 12.7. The maximum absolute atomic E-state index is 5.58. The van der Waals surface area contributed by atoms with Crippen molar-refractivity contribution in [2.45, 2.75) is 31.6 Å². The monoisotopic (exact) mass is 367 g/mol. The standard InChI is InChI=1S/C21H25N3OS/c1-24(12-11-15-9-10-21-19(13-15)22-23-26-21)14-16-5-3-7-18-17(16)6-4-8-20(18)25-2/h4,6,8-10,13,16H,3,5,7,11-12,14H2,1-2H3. The average molecular weight is 368 g/mol. The number of hydrogen-bond donors (Lipinski definition) is 0. The minimum atomic E-state index is 0.601. The summed E-state index contributed by atoms with van der Waals surface area (Å²) >= 11 is 1.46. The van der Waals surface area contributed by atoms with Crippen molar-refractivity contribution in [3.8, 4) is 5.75 Å². The van der Waals surface area contributed by atoms with Gasteiger partial charge in [0.05, 0.1) is 11.8 Å². The molecule has 1 heterocycles. The summed E-state index contributed by atoms with van der Waals surface area (Å²) in [5, 5.41) is 4.18. The third-order valence-electron chi connectivity index (χ3n) is 5.43. The molecule has 4 nitrogen and oxygen atoms in total. The zero-order valence-electron chi connectivity index (χ0n) is 15.4. The fourth-order valence-corrected chi connectivity index (χ4v) is 4.60. The van der Waals surface area contributed by atoms with Crippen molar-refractivity contribution >= 4 is 21.7 Å². The third kappa shape index (κ3) is 3.60. The van der Waals surface area contributed by atoms with Crippen LogP contribution in [0.1, 0.15) is 35.4 Å². The van der Waals surface area contributed by atoms with Crippen molar-refractivity contribution < 1.29 is 4.74 Å². The molecule has 0 spiro atoms. The SMILES string of the molecule is COc1cccc2c1CCCC2CN(C)CCc1ccc2snnc2c1. The summed E-state index contributed by atoms with van der Waals surface area (Å²) in [6.07, 6.45) is 4.70. The van der Waals surface area contributed by atoms with Crippen LogP contribution in [0.5, 0.6) is 5.75 Å². The molecule has 0 saturated carbocycles. The first-order valence-electron chi connectivity index (χ1n) is 9.30. The van der Waals surface area contributed by atoms with Crippen molar-refractivity contribution in [3.05, 3.63) is 53.1 Å². The number of fused-ring (bicyclic) bond motifs is 2. The summed E-state index contributed by atoms with van der Waals surface area (Å²) in [5.74, 6) is 1.66. The molecule has 1 aliphatic carbocycles. The number of nitrogens with zero attached hydrogens (tertiary/aromatic N) is 3. The highest BCUT2D eigenvalue weighted by Gasteiger charge is 2.23. The lowest BCUT2D eigenvalue weighted by Crippen LogP contribution is -2.28. The molecule has 0 amide bonds. The summed E-state index contributed by atoms with van der Waals surface area (Å²) in [4.78, 5) is 2.46. The van der Waals surface area contributed by atoms with Gasteiger partial charge in [-0.3, -0.25) is 0 Å². The molecule has 3 aromatic rings. The zero-order chi connectivity index (χ0) is 17.9. The van der Waals surface area contributed by atoms with Gasteiger partial charge in [-0.2, -0.15) is 0 Å². The van der Waals surface area contributed by atoms with Gasteiger partial charge >= 0.3 is 0 Å². The van der Waals surface area contributed by atoms with E-state index in [1.54, 1.807) is 7.11 Å². The number of hydrogen-bond acceptors (Lipinski definition) is 5. The van der Waals surface area contributed by atoms with E-state index in [9.17, 15) is 0 Å². The minimum Gasteiger partial charge on any atom is -0.496 e. The highest BCUT2D eigenvalue weighted by Crippen LogP contribution is 2.36. The van der Waals surface area contributed by atoms with Gasteiger partial charge in [0, 0.05) is 13.1 Å². The van der Waals surface area contributed by atoms with E-state index in [-0.39, 0.29) is 0 Å². The second kappa shape index (κ2) is 7.72. The second-order valence-electron chi connectivity index (χ2n) is 7.20. The Morgan fingerprint density at radius 1 is 1.27 bits per heavy atom. The van der Waals surface area contributed by atoms with Crippen LogP contribution in [0.4, 0.5) is 0 Å².